The topological polar surface area (TPSA) is 36.4 Å². The van der Waals surface area contributed by atoms with Crippen molar-refractivity contribution in [3.63, 3.8) is 0 Å². The van der Waals surface area contributed by atoms with Crippen LogP contribution in [0.2, 0.25) is 5.02 Å². The molecule has 1 atom stereocenters. The van der Waals surface area contributed by atoms with Crippen molar-refractivity contribution in [3.8, 4) is 0 Å². The zero-order valence-corrected chi connectivity index (χ0v) is 12.6. The van der Waals surface area contributed by atoms with E-state index in [1.54, 1.807) is 12.4 Å². The molecule has 1 unspecified atom stereocenters. The number of aromatic nitrogens is 1. The van der Waals surface area contributed by atoms with Crippen LogP contribution in [0.25, 0.3) is 0 Å². The summed E-state index contributed by atoms with van der Waals surface area (Å²) in [5.74, 6) is 0. The molecule has 1 heterocycles. The summed E-state index contributed by atoms with van der Waals surface area (Å²) in [6.07, 6.45) is 5.37. The van der Waals surface area contributed by atoms with E-state index in [1.165, 1.54) is 12.8 Å². The van der Waals surface area contributed by atoms with Gasteiger partial charge in [-0.05, 0) is 30.0 Å². The molecule has 4 heteroatoms. The smallest absolute Gasteiger partial charge is 0.0917 e. The van der Waals surface area contributed by atoms with Crippen LogP contribution < -0.4 is 0 Å². The molecule has 1 saturated carbocycles. The molecule has 0 saturated heterocycles. The number of halogens is 1. The average Bonchev–Trinajstić information content (AvgIpc) is 3.34. The predicted molar refractivity (Wildman–Crippen MR) is 84.1 cm³/mol. The number of hydrogen-bond donors (Lipinski definition) is 1. The van der Waals surface area contributed by atoms with Crippen molar-refractivity contribution in [2.75, 3.05) is 6.54 Å². The summed E-state index contributed by atoms with van der Waals surface area (Å²) in [6, 6.07) is 12.3. The molecular formula is C17H19ClN2O. The second-order valence-electron chi connectivity index (χ2n) is 5.55. The summed E-state index contributed by atoms with van der Waals surface area (Å²) < 4.78 is 0. The van der Waals surface area contributed by atoms with E-state index in [1.807, 2.05) is 36.4 Å². The first-order chi connectivity index (χ1) is 10.2. The largest absolute Gasteiger partial charge is 0.387 e. The molecule has 21 heavy (non-hydrogen) atoms. The highest BCUT2D eigenvalue weighted by Crippen LogP contribution is 2.31. The molecule has 0 aliphatic heterocycles. The van der Waals surface area contributed by atoms with Gasteiger partial charge < -0.3 is 5.11 Å². The highest BCUT2D eigenvalue weighted by Gasteiger charge is 2.30. The molecule has 110 valence electrons. The van der Waals surface area contributed by atoms with Gasteiger partial charge in [0.1, 0.15) is 0 Å². The van der Waals surface area contributed by atoms with Crippen LogP contribution in [0.5, 0.6) is 0 Å². The van der Waals surface area contributed by atoms with Crippen LogP contribution in [0.4, 0.5) is 0 Å². The fourth-order valence-corrected chi connectivity index (χ4v) is 2.72. The van der Waals surface area contributed by atoms with Crippen LogP contribution in [-0.2, 0) is 6.54 Å². The van der Waals surface area contributed by atoms with E-state index in [4.69, 9.17) is 11.6 Å². The van der Waals surface area contributed by atoms with E-state index in [0.717, 1.165) is 17.7 Å². The summed E-state index contributed by atoms with van der Waals surface area (Å²) in [6.45, 7) is 1.39. The summed E-state index contributed by atoms with van der Waals surface area (Å²) in [7, 11) is 0. The molecule has 1 aliphatic carbocycles. The van der Waals surface area contributed by atoms with Gasteiger partial charge in [-0.3, -0.25) is 9.88 Å². The number of aliphatic hydroxyl groups is 1. The highest BCUT2D eigenvalue weighted by molar-refractivity contribution is 6.31. The van der Waals surface area contributed by atoms with Gasteiger partial charge in [0.15, 0.2) is 0 Å². The zero-order chi connectivity index (χ0) is 14.7. The van der Waals surface area contributed by atoms with Crippen LogP contribution in [0.15, 0.2) is 48.8 Å². The summed E-state index contributed by atoms with van der Waals surface area (Å²) >= 11 is 6.20. The van der Waals surface area contributed by atoms with Gasteiger partial charge in [0.05, 0.1) is 11.1 Å². The third kappa shape index (κ3) is 3.82. The van der Waals surface area contributed by atoms with Crippen LogP contribution in [0, 0.1) is 0 Å². The molecule has 0 amide bonds. The number of rotatable bonds is 6. The minimum atomic E-state index is -0.465. The maximum Gasteiger partial charge on any atom is 0.0917 e. The lowest BCUT2D eigenvalue weighted by molar-refractivity contribution is 0.104. The lowest BCUT2D eigenvalue weighted by Crippen LogP contribution is -2.30. The van der Waals surface area contributed by atoms with Crippen molar-refractivity contribution in [2.24, 2.45) is 0 Å². The fourth-order valence-electron chi connectivity index (χ4n) is 2.54. The molecular weight excluding hydrogens is 284 g/mol. The van der Waals surface area contributed by atoms with Crippen molar-refractivity contribution in [1.82, 2.24) is 9.88 Å². The number of aliphatic hydroxyl groups excluding tert-OH is 1. The van der Waals surface area contributed by atoms with E-state index in [-0.39, 0.29) is 0 Å². The van der Waals surface area contributed by atoms with Gasteiger partial charge >= 0.3 is 0 Å². The zero-order valence-electron chi connectivity index (χ0n) is 11.8. The van der Waals surface area contributed by atoms with Crippen molar-refractivity contribution in [1.29, 1.82) is 0 Å². The quantitative estimate of drug-likeness (QED) is 0.888. The Kier molecular flexibility index (Phi) is 4.54. The van der Waals surface area contributed by atoms with E-state index in [9.17, 15) is 5.11 Å². The van der Waals surface area contributed by atoms with Crippen molar-refractivity contribution < 1.29 is 5.11 Å². The average molecular weight is 303 g/mol. The third-order valence-electron chi connectivity index (χ3n) is 3.88. The monoisotopic (exact) mass is 302 g/mol. The standard InChI is InChI=1S/C17H19ClN2O/c18-16-10-19-9-8-14(16)11-20(15-6-7-15)12-17(21)13-4-2-1-3-5-13/h1-5,8-10,15,17,21H,6-7,11-12H2. The van der Waals surface area contributed by atoms with Gasteiger partial charge in [0, 0.05) is 31.5 Å². The van der Waals surface area contributed by atoms with E-state index >= 15 is 0 Å². The van der Waals surface area contributed by atoms with Gasteiger partial charge in [-0.1, -0.05) is 41.9 Å². The number of benzene rings is 1. The molecule has 1 fully saturated rings. The molecule has 1 aromatic heterocycles. The van der Waals surface area contributed by atoms with Crippen molar-refractivity contribution >= 4 is 11.6 Å². The number of nitrogens with zero attached hydrogens (tertiary/aromatic N) is 2. The second kappa shape index (κ2) is 6.56. The highest BCUT2D eigenvalue weighted by atomic mass is 35.5. The fraction of sp³-hybridized carbons (Fsp3) is 0.353. The van der Waals surface area contributed by atoms with Gasteiger partial charge in [0.2, 0.25) is 0 Å². The molecule has 3 nitrogen and oxygen atoms in total. The summed E-state index contributed by atoms with van der Waals surface area (Å²) in [5, 5.41) is 11.1. The van der Waals surface area contributed by atoms with Gasteiger partial charge in [-0.2, -0.15) is 0 Å². The number of pyridine rings is 1. The van der Waals surface area contributed by atoms with E-state index < -0.39 is 6.10 Å². The Balaban J connectivity index is 1.69. The Bertz CT molecular complexity index is 586. The summed E-state index contributed by atoms with van der Waals surface area (Å²) in [4.78, 5) is 6.34. The van der Waals surface area contributed by atoms with Crippen LogP contribution in [0.3, 0.4) is 0 Å². The maximum absolute atomic E-state index is 10.4. The van der Waals surface area contributed by atoms with Crippen LogP contribution in [-0.4, -0.2) is 27.6 Å². The third-order valence-corrected chi connectivity index (χ3v) is 4.23. The SMILES string of the molecule is OC(CN(Cc1ccncc1Cl)C1CC1)c1ccccc1. The normalized spacial score (nSPS) is 16.1. The van der Waals surface area contributed by atoms with E-state index in [0.29, 0.717) is 17.6 Å². The molecule has 3 rings (SSSR count). The molecule has 0 bridgehead atoms. The first-order valence-corrected chi connectivity index (χ1v) is 7.67. The van der Waals surface area contributed by atoms with E-state index in [2.05, 4.69) is 9.88 Å². The molecule has 1 aliphatic rings. The molecule has 2 aromatic rings. The van der Waals surface area contributed by atoms with Crippen LogP contribution >= 0.6 is 11.6 Å². The minimum absolute atomic E-state index is 0.465. The minimum Gasteiger partial charge on any atom is -0.387 e. The van der Waals surface area contributed by atoms with Gasteiger partial charge in [-0.15, -0.1) is 0 Å². The first-order valence-electron chi connectivity index (χ1n) is 7.29. The molecule has 1 N–H and O–H groups in total. The maximum atomic E-state index is 10.4. The molecule has 0 spiro atoms. The summed E-state index contributed by atoms with van der Waals surface area (Å²) in [5.41, 5.74) is 2.03. The van der Waals surface area contributed by atoms with Crippen molar-refractivity contribution in [2.45, 2.75) is 31.5 Å². The second-order valence-corrected chi connectivity index (χ2v) is 5.96. The Morgan fingerprint density at radius 3 is 2.67 bits per heavy atom. The predicted octanol–water partition coefficient (Wildman–Crippen LogP) is 3.43. The Morgan fingerprint density at radius 2 is 2.00 bits per heavy atom. The van der Waals surface area contributed by atoms with Gasteiger partial charge in [-0.25, -0.2) is 0 Å². The lowest BCUT2D eigenvalue weighted by atomic mass is 10.1. The Hall–Kier alpha value is -1.42. The Morgan fingerprint density at radius 1 is 1.24 bits per heavy atom. The Labute approximate surface area is 130 Å². The molecule has 0 radical (unpaired) electrons. The lowest BCUT2D eigenvalue weighted by Gasteiger charge is -2.25. The van der Waals surface area contributed by atoms with Gasteiger partial charge in [0.25, 0.3) is 0 Å². The van der Waals surface area contributed by atoms with Crippen molar-refractivity contribution in [3.05, 3.63) is 64.9 Å². The number of hydrogen-bond acceptors (Lipinski definition) is 3. The molecule has 1 aromatic carbocycles. The van der Waals surface area contributed by atoms with Crippen LogP contribution in [0.1, 0.15) is 30.1 Å². The first kappa shape index (κ1) is 14.5.